The van der Waals surface area contributed by atoms with Crippen LogP contribution in [0.3, 0.4) is 0 Å². The Balaban J connectivity index is 2.40. The fraction of sp³-hybridized carbons (Fsp3) is 0.500. The molecule has 0 amide bonds. The molecule has 0 saturated heterocycles. The van der Waals surface area contributed by atoms with E-state index in [-0.39, 0.29) is 6.42 Å². The molecular formula is C14H17BrO4. The van der Waals surface area contributed by atoms with Crippen molar-refractivity contribution in [3.8, 4) is 11.5 Å². The van der Waals surface area contributed by atoms with Crippen LogP contribution in [0.1, 0.15) is 32.3 Å². The van der Waals surface area contributed by atoms with Gasteiger partial charge in [-0.2, -0.15) is 0 Å². The lowest BCUT2D eigenvalue weighted by Crippen LogP contribution is -2.21. The lowest BCUT2D eigenvalue weighted by Gasteiger charge is -2.24. The van der Waals surface area contributed by atoms with Gasteiger partial charge in [0.15, 0.2) is 11.5 Å². The van der Waals surface area contributed by atoms with Crippen molar-refractivity contribution in [3.63, 3.8) is 0 Å². The maximum absolute atomic E-state index is 10.9. The van der Waals surface area contributed by atoms with Crippen LogP contribution < -0.4 is 9.47 Å². The standard InChI is InChI=1S/C14H17BrO4/c1-14(2,8-12(16)17)9-6-10(15)13-11(7-9)18-4-3-5-19-13/h6-7H,3-5,8H2,1-2H3,(H,16,17). The summed E-state index contributed by atoms with van der Waals surface area (Å²) >= 11 is 3.47. The molecule has 0 radical (unpaired) electrons. The van der Waals surface area contributed by atoms with E-state index in [2.05, 4.69) is 15.9 Å². The number of aliphatic carboxylic acids is 1. The van der Waals surface area contributed by atoms with Crippen LogP contribution in [0.2, 0.25) is 0 Å². The van der Waals surface area contributed by atoms with Gasteiger partial charge in [0.05, 0.1) is 24.1 Å². The third-order valence-electron chi connectivity index (χ3n) is 3.18. The first-order valence-electron chi connectivity index (χ1n) is 6.21. The topological polar surface area (TPSA) is 55.8 Å². The molecule has 2 rings (SSSR count). The summed E-state index contributed by atoms with van der Waals surface area (Å²) in [4.78, 5) is 10.9. The van der Waals surface area contributed by atoms with Gasteiger partial charge >= 0.3 is 5.97 Å². The molecular weight excluding hydrogens is 312 g/mol. The third kappa shape index (κ3) is 3.21. The zero-order valence-corrected chi connectivity index (χ0v) is 12.6. The molecule has 1 N–H and O–H groups in total. The van der Waals surface area contributed by atoms with Crippen molar-refractivity contribution >= 4 is 21.9 Å². The first-order valence-corrected chi connectivity index (χ1v) is 7.01. The smallest absolute Gasteiger partial charge is 0.304 e. The number of rotatable bonds is 3. The molecule has 1 aliphatic rings. The van der Waals surface area contributed by atoms with E-state index in [1.807, 2.05) is 26.0 Å². The van der Waals surface area contributed by atoms with Crippen molar-refractivity contribution in [3.05, 3.63) is 22.2 Å². The van der Waals surface area contributed by atoms with Gasteiger partial charge in [0.2, 0.25) is 0 Å². The van der Waals surface area contributed by atoms with Gasteiger partial charge in [-0.1, -0.05) is 13.8 Å². The van der Waals surface area contributed by atoms with E-state index < -0.39 is 11.4 Å². The molecule has 1 heterocycles. The maximum Gasteiger partial charge on any atom is 0.304 e. The summed E-state index contributed by atoms with van der Waals surface area (Å²) in [6.07, 6.45) is 0.911. The largest absolute Gasteiger partial charge is 0.490 e. The van der Waals surface area contributed by atoms with E-state index in [0.717, 1.165) is 16.5 Å². The second kappa shape index (κ2) is 5.41. The zero-order chi connectivity index (χ0) is 14.0. The van der Waals surface area contributed by atoms with Crippen molar-refractivity contribution in [2.75, 3.05) is 13.2 Å². The minimum atomic E-state index is -0.812. The van der Waals surface area contributed by atoms with Gasteiger partial charge in [0.25, 0.3) is 0 Å². The van der Waals surface area contributed by atoms with Crippen molar-refractivity contribution in [1.29, 1.82) is 0 Å². The van der Waals surface area contributed by atoms with Crippen molar-refractivity contribution < 1.29 is 19.4 Å². The quantitative estimate of drug-likeness (QED) is 0.924. The highest BCUT2D eigenvalue weighted by Crippen LogP contribution is 2.41. The van der Waals surface area contributed by atoms with Gasteiger partial charge in [0, 0.05) is 11.8 Å². The van der Waals surface area contributed by atoms with E-state index >= 15 is 0 Å². The number of ether oxygens (including phenoxy) is 2. The van der Waals surface area contributed by atoms with Gasteiger partial charge < -0.3 is 14.6 Å². The number of hydrogen-bond acceptors (Lipinski definition) is 3. The molecule has 0 aromatic heterocycles. The second-order valence-corrected chi connectivity index (χ2v) is 6.14. The Morgan fingerprint density at radius 2 is 2.05 bits per heavy atom. The van der Waals surface area contributed by atoms with Crippen molar-refractivity contribution in [1.82, 2.24) is 0 Å². The van der Waals surface area contributed by atoms with Crippen LogP contribution in [0.5, 0.6) is 11.5 Å². The average molecular weight is 329 g/mol. The molecule has 1 aromatic carbocycles. The fourth-order valence-electron chi connectivity index (χ4n) is 2.10. The second-order valence-electron chi connectivity index (χ2n) is 5.29. The maximum atomic E-state index is 10.9. The highest BCUT2D eigenvalue weighted by atomic mass is 79.9. The number of benzene rings is 1. The van der Waals surface area contributed by atoms with Crippen molar-refractivity contribution in [2.45, 2.75) is 32.1 Å². The first kappa shape index (κ1) is 14.2. The molecule has 0 saturated carbocycles. The normalized spacial score (nSPS) is 14.9. The summed E-state index contributed by atoms with van der Waals surface area (Å²) in [6, 6.07) is 3.80. The molecule has 1 aliphatic heterocycles. The molecule has 0 spiro atoms. The molecule has 0 unspecified atom stereocenters. The molecule has 0 aliphatic carbocycles. The number of hydrogen-bond donors (Lipinski definition) is 1. The van der Waals surface area contributed by atoms with E-state index in [9.17, 15) is 4.79 Å². The van der Waals surface area contributed by atoms with Gasteiger partial charge in [-0.3, -0.25) is 4.79 Å². The fourth-order valence-corrected chi connectivity index (χ4v) is 2.66. The zero-order valence-electron chi connectivity index (χ0n) is 11.0. The van der Waals surface area contributed by atoms with Crippen LogP contribution in [-0.4, -0.2) is 24.3 Å². The van der Waals surface area contributed by atoms with Crippen LogP contribution in [0.25, 0.3) is 0 Å². The van der Waals surface area contributed by atoms with Crippen LogP contribution in [0.15, 0.2) is 16.6 Å². The molecule has 1 aromatic rings. The Bertz CT molecular complexity index is 496. The number of fused-ring (bicyclic) bond motifs is 1. The Morgan fingerprint density at radius 3 is 2.74 bits per heavy atom. The van der Waals surface area contributed by atoms with Crippen LogP contribution in [-0.2, 0) is 10.2 Å². The lowest BCUT2D eigenvalue weighted by molar-refractivity contribution is -0.138. The van der Waals surface area contributed by atoms with Crippen LogP contribution in [0, 0.1) is 0 Å². The van der Waals surface area contributed by atoms with Crippen LogP contribution in [0.4, 0.5) is 0 Å². The molecule has 104 valence electrons. The van der Waals surface area contributed by atoms with Gasteiger partial charge in [-0.25, -0.2) is 0 Å². The summed E-state index contributed by atoms with van der Waals surface area (Å²) < 4.78 is 12.1. The Kier molecular flexibility index (Phi) is 4.04. The highest BCUT2D eigenvalue weighted by Gasteiger charge is 2.27. The third-order valence-corrected chi connectivity index (χ3v) is 3.77. The Labute approximate surface area is 120 Å². The SMILES string of the molecule is CC(C)(CC(=O)O)c1cc(Br)c2c(c1)OCCCO2. The lowest BCUT2D eigenvalue weighted by atomic mass is 9.81. The molecule has 4 nitrogen and oxygen atoms in total. The predicted octanol–water partition coefficient (Wildman–Crippen LogP) is 3.36. The van der Waals surface area contributed by atoms with Crippen LogP contribution >= 0.6 is 15.9 Å². The monoisotopic (exact) mass is 328 g/mol. The minimum Gasteiger partial charge on any atom is -0.490 e. The predicted molar refractivity (Wildman–Crippen MR) is 75.0 cm³/mol. The molecule has 19 heavy (non-hydrogen) atoms. The Morgan fingerprint density at radius 1 is 1.37 bits per heavy atom. The molecule has 0 fully saturated rings. The van der Waals surface area contributed by atoms with Crippen molar-refractivity contribution in [2.24, 2.45) is 0 Å². The molecule has 0 atom stereocenters. The summed E-state index contributed by atoms with van der Waals surface area (Å²) in [5, 5.41) is 9.00. The molecule has 5 heteroatoms. The van der Waals surface area contributed by atoms with Gasteiger partial charge in [-0.15, -0.1) is 0 Å². The number of carboxylic acid groups (broad SMARTS) is 1. The highest BCUT2D eigenvalue weighted by molar-refractivity contribution is 9.10. The van der Waals surface area contributed by atoms with E-state index in [4.69, 9.17) is 14.6 Å². The average Bonchev–Trinajstić information content (AvgIpc) is 2.52. The number of carboxylic acids is 1. The summed E-state index contributed by atoms with van der Waals surface area (Å²) in [6.45, 7) is 5.06. The Hall–Kier alpha value is -1.23. The van der Waals surface area contributed by atoms with E-state index in [1.165, 1.54) is 0 Å². The van der Waals surface area contributed by atoms with Gasteiger partial charge in [0.1, 0.15) is 0 Å². The summed E-state index contributed by atoms with van der Waals surface area (Å²) in [5.41, 5.74) is 0.463. The van der Waals surface area contributed by atoms with E-state index in [0.29, 0.717) is 24.7 Å². The van der Waals surface area contributed by atoms with Gasteiger partial charge in [-0.05, 0) is 33.6 Å². The van der Waals surface area contributed by atoms with E-state index in [1.54, 1.807) is 0 Å². The summed E-state index contributed by atoms with van der Waals surface area (Å²) in [7, 11) is 0. The molecule has 0 bridgehead atoms. The number of carbonyl (C=O) groups is 1. The first-order chi connectivity index (χ1) is 8.90. The number of halogens is 1. The summed E-state index contributed by atoms with van der Waals surface area (Å²) in [5.74, 6) is 0.570. The minimum absolute atomic E-state index is 0.0685.